The molecule has 0 heterocycles. The Morgan fingerprint density at radius 1 is 1.64 bits per heavy atom. The molecule has 0 atom stereocenters. The van der Waals surface area contributed by atoms with Crippen LogP contribution in [0.4, 0.5) is 4.39 Å². The summed E-state index contributed by atoms with van der Waals surface area (Å²) >= 11 is 3.05. The monoisotopic (exact) mass is 257 g/mol. The minimum atomic E-state index is -1.07. The first kappa shape index (κ1) is 10.7. The van der Waals surface area contributed by atoms with Gasteiger partial charge >= 0.3 is 5.97 Å². The Balaban J connectivity index is 3.23. The summed E-state index contributed by atoms with van der Waals surface area (Å²) in [7, 11) is 0. The minimum Gasteiger partial charge on any atom is -0.481 e. The van der Waals surface area contributed by atoms with Gasteiger partial charge in [0.05, 0.1) is 12.0 Å². The van der Waals surface area contributed by atoms with E-state index in [2.05, 4.69) is 15.9 Å². The SMILES string of the molecule is N#Cc1cc(F)cc(CC(=O)O)c1Br. The van der Waals surface area contributed by atoms with Crippen molar-refractivity contribution >= 4 is 21.9 Å². The van der Waals surface area contributed by atoms with Crippen molar-refractivity contribution in [3.8, 4) is 6.07 Å². The van der Waals surface area contributed by atoms with Crippen LogP contribution in [0.5, 0.6) is 0 Å². The summed E-state index contributed by atoms with van der Waals surface area (Å²) in [6.07, 6.45) is -0.312. The highest BCUT2D eigenvalue weighted by Gasteiger charge is 2.11. The van der Waals surface area contributed by atoms with Gasteiger partial charge in [-0.25, -0.2) is 4.39 Å². The molecule has 0 aliphatic heterocycles. The molecule has 1 rings (SSSR count). The number of carboxylic acid groups (broad SMARTS) is 1. The van der Waals surface area contributed by atoms with E-state index >= 15 is 0 Å². The first-order valence-electron chi connectivity index (χ1n) is 3.64. The second-order valence-corrected chi connectivity index (χ2v) is 3.40. The third-order valence-corrected chi connectivity index (χ3v) is 2.51. The molecule has 0 amide bonds. The second-order valence-electron chi connectivity index (χ2n) is 2.61. The van der Waals surface area contributed by atoms with Crippen LogP contribution in [-0.2, 0) is 11.2 Å². The number of carbonyl (C=O) groups is 1. The van der Waals surface area contributed by atoms with Gasteiger partial charge in [0.15, 0.2) is 0 Å². The van der Waals surface area contributed by atoms with E-state index in [1.807, 2.05) is 0 Å². The van der Waals surface area contributed by atoms with E-state index in [4.69, 9.17) is 10.4 Å². The van der Waals surface area contributed by atoms with E-state index in [9.17, 15) is 9.18 Å². The van der Waals surface area contributed by atoms with Gasteiger partial charge in [-0.3, -0.25) is 4.79 Å². The number of nitriles is 1. The zero-order valence-electron chi connectivity index (χ0n) is 6.92. The molecule has 3 nitrogen and oxygen atoms in total. The summed E-state index contributed by atoms with van der Waals surface area (Å²) in [5, 5.41) is 17.1. The summed E-state index contributed by atoms with van der Waals surface area (Å²) in [4.78, 5) is 10.4. The largest absolute Gasteiger partial charge is 0.481 e. The number of aliphatic carboxylic acids is 1. The Labute approximate surface area is 87.9 Å². The normalized spacial score (nSPS) is 9.50. The van der Waals surface area contributed by atoms with Gasteiger partial charge in [-0.05, 0) is 33.6 Å². The lowest BCUT2D eigenvalue weighted by molar-refractivity contribution is -0.136. The third kappa shape index (κ3) is 2.30. The van der Waals surface area contributed by atoms with Crippen LogP contribution < -0.4 is 0 Å². The molecule has 14 heavy (non-hydrogen) atoms. The lowest BCUT2D eigenvalue weighted by atomic mass is 10.1. The molecule has 5 heteroatoms. The molecule has 1 aromatic rings. The predicted molar refractivity (Wildman–Crippen MR) is 50.2 cm³/mol. The fourth-order valence-corrected chi connectivity index (χ4v) is 1.48. The van der Waals surface area contributed by atoms with Crippen molar-refractivity contribution in [2.24, 2.45) is 0 Å². The Hall–Kier alpha value is -1.41. The van der Waals surface area contributed by atoms with Gasteiger partial charge in [0, 0.05) is 4.47 Å². The van der Waals surface area contributed by atoms with Gasteiger partial charge in [-0.15, -0.1) is 0 Å². The standard InChI is InChI=1S/C9H5BrFNO2/c10-9-5(3-8(13)14)1-7(11)2-6(9)4-12/h1-2H,3H2,(H,13,14). The quantitative estimate of drug-likeness (QED) is 0.883. The molecular weight excluding hydrogens is 253 g/mol. The molecular formula is C9H5BrFNO2. The van der Waals surface area contributed by atoms with E-state index in [-0.39, 0.29) is 17.5 Å². The first-order chi connectivity index (χ1) is 6.54. The minimum absolute atomic E-state index is 0.0984. The first-order valence-corrected chi connectivity index (χ1v) is 4.43. The van der Waals surface area contributed by atoms with Crippen molar-refractivity contribution in [3.63, 3.8) is 0 Å². The van der Waals surface area contributed by atoms with Crippen LogP contribution in [0.1, 0.15) is 11.1 Å². The smallest absolute Gasteiger partial charge is 0.307 e. The van der Waals surface area contributed by atoms with Crippen LogP contribution in [0.2, 0.25) is 0 Å². The predicted octanol–water partition coefficient (Wildman–Crippen LogP) is 2.09. The van der Waals surface area contributed by atoms with Crippen molar-refractivity contribution in [2.75, 3.05) is 0 Å². The maximum atomic E-state index is 12.9. The molecule has 0 aromatic heterocycles. The van der Waals surface area contributed by atoms with Crippen LogP contribution in [0.3, 0.4) is 0 Å². The van der Waals surface area contributed by atoms with Crippen LogP contribution in [0, 0.1) is 17.1 Å². The molecule has 0 spiro atoms. The molecule has 72 valence electrons. The lowest BCUT2D eigenvalue weighted by Gasteiger charge is -2.03. The number of hydrogen-bond donors (Lipinski definition) is 1. The van der Waals surface area contributed by atoms with E-state index in [1.165, 1.54) is 0 Å². The third-order valence-electron chi connectivity index (χ3n) is 1.57. The number of hydrogen-bond acceptors (Lipinski definition) is 2. The molecule has 0 bridgehead atoms. The Kier molecular flexibility index (Phi) is 3.20. The van der Waals surface area contributed by atoms with E-state index < -0.39 is 11.8 Å². The summed E-state index contributed by atoms with van der Waals surface area (Å²) in [6.45, 7) is 0. The molecule has 0 aliphatic rings. The molecule has 0 unspecified atom stereocenters. The Morgan fingerprint density at radius 2 is 2.29 bits per heavy atom. The van der Waals surface area contributed by atoms with Gasteiger partial charge in [0.1, 0.15) is 11.9 Å². The summed E-state index contributed by atoms with van der Waals surface area (Å²) in [5.74, 6) is -1.68. The summed E-state index contributed by atoms with van der Waals surface area (Å²) < 4.78 is 13.2. The molecule has 1 N–H and O–H groups in total. The maximum Gasteiger partial charge on any atom is 0.307 e. The zero-order chi connectivity index (χ0) is 10.7. The van der Waals surface area contributed by atoms with Crippen molar-refractivity contribution in [3.05, 3.63) is 33.5 Å². The van der Waals surface area contributed by atoms with Crippen molar-refractivity contribution in [1.82, 2.24) is 0 Å². The number of nitrogens with zero attached hydrogens (tertiary/aromatic N) is 1. The second kappa shape index (κ2) is 4.20. The Bertz CT molecular complexity index is 426. The van der Waals surface area contributed by atoms with E-state index in [0.717, 1.165) is 12.1 Å². The fraction of sp³-hybridized carbons (Fsp3) is 0.111. The van der Waals surface area contributed by atoms with E-state index in [1.54, 1.807) is 6.07 Å². The average molecular weight is 258 g/mol. The maximum absolute atomic E-state index is 12.9. The molecule has 0 saturated carbocycles. The van der Waals surface area contributed by atoms with Gasteiger partial charge in [-0.2, -0.15) is 5.26 Å². The molecule has 0 fully saturated rings. The highest BCUT2D eigenvalue weighted by molar-refractivity contribution is 9.10. The highest BCUT2D eigenvalue weighted by atomic mass is 79.9. The average Bonchev–Trinajstić information content (AvgIpc) is 2.09. The van der Waals surface area contributed by atoms with Crippen molar-refractivity contribution in [2.45, 2.75) is 6.42 Å². The lowest BCUT2D eigenvalue weighted by Crippen LogP contribution is -2.02. The molecule has 0 aliphatic carbocycles. The Morgan fingerprint density at radius 3 is 2.79 bits per heavy atom. The van der Waals surface area contributed by atoms with Gasteiger partial charge in [-0.1, -0.05) is 0 Å². The summed E-state index contributed by atoms with van der Waals surface area (Å²) in [5.41, 5.74) is 0.357. The molecule has 0 saturated heterocycles. The highest BCUT2D eigenvalue weighted by Crippen LogP contribution is 2.23. The van der Waals surface area contributed by atoms with Crippen molar-refractivity contribution < 1.29 is 14.3 Å². The molecule has 0 radical (unpaired) electrons. The number of benzene rings is 1. The number of carboxylic acids is 1. The fourth-order valence-electron chi connectivity index (χ4n) is 1.02. The van der Waals surface area contributed by atoms with Crippen LogP contribution in [-0.4, -0.2) is 11.1 Å². The van der Waals surface area contributed by atoms with Gasteiger partial charge in [0.25, 0.3) is 0 Å². The van der Waals surface area contributed by atoms with Crippen molar-refractivity contribution in [1.29, 1.82) is 5.26 Å². The van der Waals surface area contributed by atoms with Gasteiger partial charge < -0.3 is 5.11 Å². The molecule has 1 aromatic carbocycles. The topological polar surface area (TPSA) is 61.1 Å². The number of rotatable bonds is 2. The number of halogens is 2. The van der Waals surface area contributed by atoms with Gasteiger partial charge in [0.2, 0.25) is 0 Å². The zero-order valence-corrected chi connectivity index (χ0v) is 8.51. The van der Waals surface area contributed by atoms with E-state index in [0.29, 0.717) is 4.47 Å². The van der Waals surface area contributed by atoms with Crippen LogP contribution in [0.25, 0.3) is 0 Å². The summed E-state index contributed by atoms with van der Waals surface area (Å²) in [6, 6.07) is 3.92. The van der Waals surface area contributed by atoms with Crippen LogP contribution >= 0.6 is 15.9 Å². The van der Waals surface area contributed by atoms with Crippen LogP contribution in [0.15, 0.2) is 16.6 Å².